The van der Waals surface area contributed by atoms with Gasteiger partial charge in [0.05, 0.1) is 11.6 Å². The van der Waals surface area contributed by atoms with Crippen LogP contribution in [-0.2, 0) is 6.42 Å². The van der Waals surface area contributed by atoms with E-state index in [1.54, 1.807) is 0 Å². The summed E-state index contributed by atoms with van der Waals surface area (Å²) >= 11 is 0. The van der Waals surface area contributed by atoms with Crippen LogP contribution >= 0.6 is 0 Å². The van der Waals surface area contributed by atoms with Crippen molar-refractivity contribution in [2.75, 3.05) is 0 Å². The summed E-state index contributed by atoms with van der Waals surface area (Å²) in [5.74, 6) is 0.0888. The van der Waals surface area contributed by atoms with Gasteiger partial charge in [0.1, 0.15) is 0 Å². The van der Waals surface area contributed by atoms with Gasteiger partial charge in [0, 0.05) is 11.9 Å². The van der Waals surface area contributed by atoms with Crippen molar-refractivity contribution in [3.8, 4) is 5.69 Å². The number of Topliss-reactive ketones (excluding diaryl/α,β-unsaturated/α-hetero) is 1. The average molecular weight is 273 g/mol. The van der Waals surface area contributed by atoms with Crippen molar-refractivity contribution in [1.82, 2.24) is 4.57 Å². The molecule has 102 valence electrons. The Kier molecular flexibility index (Phi) is 2.74. The maximum Gasteiger partial charge on any atom is 0.187 e. The number of hydrogen-bond donors (Lipinski definition) is 0. The highest BCUT2D eigenvalue weighted by Gasteiger charge is 2.29. The highest BCUT2D eigenvalue weighted by molar-refractivity contribution is 6.01. The van der Waals surface area contributed by atoms with E-state index < -0.39 is 0 Å². The van der Waals surface area contributed by atoms with Crippen LogP contribution in [0.2, 0.25) is 0 Å². The molecule has 0 saturated heterocycles. The zero-order valence-electron chi connectivity index (χ0n) is 11.6. The monoisotopic (exact) mass is 273 g/mol. The second kappa shape index (κ2) is 4.74. The summed E-state index contributed by atoms with van der Waals surface area (Å²) in [5, 5.41) is 0. The predicted molar refractivity (Wildman–Crippen MR) is 83.0 cm³/mol. The third-order valence-corrected chi connectivity index (χ3v) is 4.19. The Bertz CT molecular complexity index is 801. The van der Waals surface area contributed by atoms with E-state index in [1.807, 2.05) is 65.4 Å². The van der Waals surface area contributed by atoms with Crippen LogP contribution in [0.5, 0.6) is 0 Å². The Morgan fingerprint density at radius 3 is 2.48 bits per heavy atom. The molecule has 0 bridgehead atoms. The molecule has 0 spiro atoms. The molecule has 4 rings (SSSR count). The van der Waals surface area contributed by atoms with Crippen LogP contribution in [0.3, 0.4) is 0 Å². The Morgan fingerprint density at radius 1 is 0.857 bits per heavy atom. The lowest BCUT2D eigenvalue weighted by Gasteiger charge is -2.13. The smallest absolute Gasteiger partial charge is 0.187 e. The number of rotatable bonds is 1. The molecule has 1 aliphatic rings. The highest BCUT2D eigenvalue weighted by atomic mass is 16.1. The molecule has 1 unspecified atom stereocenters. The van der Waals surface area contributed by atoms with Crippen LogP contribution < -0.4 is 0 Å². The van der Waals surface area contributed by atoms with E-state index in [9.17, 15) is 4.79 Å². The van der Waals surface area contributed by atoms with E-state index in [1.165, 1.54) is 5.56 Å². The van der Waals surface area contributed by atoms with Gasteiger partial charge in [-0.25, -0.2) is 0 Å². The molecule has 2 heterocycles. The topological polar surface area (TPSA) is 22.0 Å². The Labute approximate surface area is 123 Å². The lowest BCUT2D eigenvalue weighted by atomic mass is 9.88. The van der Waals surface area contributed by atoms with Crippen molar-refractivity contribution in [2.45, 2.75) is 12.3 Å². The van der Waals surface area contributed by atoms with Gasteiger partial charge >= 0.3 is 0 Å². The molecule has 0 N–H and O–H groups in total. The lowest BCUT2D eigenvalue weighted by molar-refractivity contribution is 0.0954. The normalized spacial score (nSPS) is 17.0. The fourth-order valence-corrected chi connectivity index (χ4v) is 3.16. The number of hydrogen-bond acceptors (Lipinski definition) is 1. The number of para-hydroxylation sites is 1. The number of ketones is 1. The van der Waals surface area contributed by atoms with Crippen molar-refractivity contribution in [2.24, 2.45) is 0 Å². The number of nitrogens with zero attached hydrogens (tertiary/aromatic N) is 1. The van der Waals surface area contributed by atoms with Crippen LogP contribution in [0.25, 0.3) is 5.69 Å². The molecule has 0 radical (unpaired) electrons. The van der Waals surface area contributed by atoms with Crippen LogP contribution in [0.4, 0.5) is 0 Å². The molecule has 21 heavy (non-hydrogen) atoms. The van der Waals surface area contributed by atoms with Gasteiger partial charge in [0.2, 0.25) is 0 Å². The van der Waals surface area contributed by atoms with Crippen molar-refractivity contribution in [3.63, 3.8) is 0 Å². The zero-order valence-corrected chi connectivity index (χ0v) is 11.6. The maximum atomic E-state index is 12.9. The molecular weight excluding hydrogens is 258 g/mol. The van der Waals surface area contributed by atoms with Gasteiger partial charge in [-0.05, 0) is 35.7 Å². The molecular formula is C19H15NO. The molecule has 1 atom stereocenters. The number of carbonyl (C=O) groups excluding carboxylic acids is 1. The number of fused-ring (bicyclic) bond motifs is 3. The summed E-state index contributed by atoms with van der Waals surface area (Å²) in [4.78, 5) is 12.9. The minimum absolute atomic E-state index is 0.108. The minimum Gasteiger partial charge on any atom is -0.314 e. The van der Waals surface area contributed by atoms with Gasteiger partial charge in [-0.1, -0.05) is 48.5 Å². The van der Waals surface area contributed by atoms with E-state index in [0.717, 1.165) is 23.4 Å². The van der Waals surface area contributed by atoms with E-state index in [4.69, 9.17) is 0 Å². The van der Waals surface area contributed by atoms with Crippen LogP contribution in [0, 0.1) is 0 Å². The van der Waals surface area contributed by atoms with Gasteiger partial charge in [-0.3, -0.25) is 4.79 Å². The molecule has 0 saturated carbocycles. The Morgan fingerprint density at radius 2 is 1.62 bits per heavy atom. The first-order valence-corrected chi connectivity index (χ1v) is 7.19. The molecule has 2 heteroatoms. The third-order valence-electron chi connectivity index (χ3n) is 4.19. The fraction of sp³-hybridized carbons (Fsp3) is 0.105. The number of carbonyl (C=O) groups is 1. The quantitative estimate of drug-likeness (QED) is 0.657. The Balaban J connectivity index is 1.93. The van der Waals surface area contributed by atoms with Gasteiger partial charge in [0.15, 0.2) is 5.78 Å². The van der Waals surface area contributed by atoms with Gasteiger partial charge in [-0.2, -0.15) is 0 Å². The zero-order chi connectivity index (χ0) is 14.2. The molecule has 0 amide bonds. The van der Waals surface area contributed by atoms with Crippen molar-refractivity contribution in [3.05, 3.63) is 89.7 Å². The van der Waals surface area contributed by atoms with Crippen LogP contribution in [0.15, 0.2) is 72.9 Å². The summed E-state index contributed by atoms with van der Waals surface area (Å²) in [5.41, 5.74) is 4.19. The third kappa shape index (κ3) is 1.91. The van der Waals surface area contributed by atoms with Crippen LogP contribution in [-0.4, -0.2) is 10.4 Å². The largest absolute Gasteiger partial charge is 0.314 e. The molecule has 0 aliphatic carbocycles. The fourth-order valence-electron chi connectivity index (χ4n) is 3.16. The maximum absolute atomic E-state index is 12.9. The first-order chi connectivity index (χ1) is 10.3. The molecule has 3 aromatic rings. The number of benzene rings is 2. The second-order valence-corrected chi connectivity index (χ2v) is 5.42. The summed E-state index contributed by atoms with van der Waals surface area (Å²) in [6, 6.07) is 22.2. The Hall–Kier alpha value is -2.61. The molecule has 0 fully saturated rings. The van der Waals surface area contributed by atoms with Gasteiger partial charge in [-0.15, -0.1) is 0 Å². The van der Waals surface area contributed by atoms with Gasteiger partial charge in [0.25, 0.3) is 0 Å². The van der Waals surface area contributed by atoms with E-state index >= 15 is 0 Å². The highest BCUT2D eigenvalue weighted by Crippen LogP contribution is 2.32. The second-order valence-electron chi connectivity index (χ2n) is 5.42. The summed E-state index contributed by atoms with van der Waals surface area (Å²) in [6.07, 6.45) is 2.72. The molecule has 2 nitrogen and oxygen atoms in total. The van der Waals surface area contributed by atoms with E-state index in [0.29, 0.717) is 0 Å². The lowest BCUT2D eigenvalue weighted by Crippen LogP contribution is -2.15. The van der Waals surface area contributed by atoms with E-state index in [-0.39, 0.29) is 11.7 Å². The summed E-state index contributed by atoms with van der Waals surface area (Å²) in [7, 11) is 0. The first-order valence-electron chi connectivity index (χ1n) is 7.19. The van der Waals surface area contributed by atoms with Crippen molar-refractivity contribution >= 4 is 5.78 Å². The predicted octanol–water partition coefficient (Wildman–Crippen LogP) is 4.00. The molecule has 1 aliphatic heterocycles. The molecule has 1 aromatic heterocycles. The average Bonchev–Trinajstić information content (AvgIpc) is 2.98. The standard InChI is InChI=1S/C19H15NO/c21-19-16(14-7-2-1-3-8-14)13-15-9-4-5-10-17(15)20-12-6-11-18(19)20/h1-12,16H,13H2. The van der Waals surface area contributed by atoms with E-state index in [2.05, 4.69) is 12.1 Å². The molecule has 2 aromatic carbocycles. The van der Waals surface area contributed by atoms with Crippen molar-refractivity contribution in [1.29, 1.82) is 0 Å². The minimum atomic E-state index is -0.108. The SMILES string of the molecule is O=C1c2cccn2-c2ccccc2CC1c1ccccc1. The van der Waals surface area contributed by atoms with Crippen LogP contribution in [0.1, 0.15) is 27.5 Å². The summed E-state index contributed by atoms with van der Waals surface area (Å²) in [6.45, 7) is 0. The first kappa shape index (κ1) is 12.2. The van der Waals surface area contributed by atoms with Gasteiger partial charge < -0.3 is 4.57 Å². The number of aromatic nitrogens is 1. The summed E-state index contributed by atoms with van der Waals surface area (Å²) < 4.78 is 2.01. The van der Waals surface area contributed by atoms with Crippen molar-refractivity contribution < 1.29 is 4.79 Å².